The maximum Gasteiger partial charge on any atom is 0.229 e. The second kappa shape index (κ2) is 4.89. The monoisotopic (exact) mass is 211 g/mol. The summed E-state index contributed by atoms with van der Waals surface area (Å²) in [6.07, 6.45) is 0.0763. The Bertz CT molecular complexity index is 366. The minimum Gasteiger partial charge on any atom is -0.396 e. The van der Waals surface area contributed by atoms with Crippen molar-refractivity contribution in [2.75, 3.05) is 18.6 Å². The van der Waals surface area contributed by atoms with Crippen molar-refractivity contribution in [3.05, 3.63) is 29.6 Å². The van der Waals surface area contributed by atoms with Crippen LogP contribution >= 0.6 is 0 Å². The lowest BCUT2D eigenvalue weighted by Crippen LogP contribution is -2.26. The number of aliphatic hydroxyl groups excluding tert-OH is 1. The molecule has 0 saturated carbocycles. The zero-order valence-electron chi connectivity index (χ0n) is 8.83. The van der Waals surface area contributed by atoms with Gasteiger partial charge >= 0.3 is 0 Å². The smallest absolute Gasteiger partial charge is 0.229 e. The molecule has 0 aliphatic carbocycles. The summed E-state index contributed by atoms with van der Waals surface area (Å²) in [5, 5.41) is 8.62. The van der Waals surface area contributed by atoms with Crippen LogP contribution in [-0.2, 0) is 4.79 Å². The van der Waals surface area contributed by atoms with Crippen LogP contribution in [0, 0.1) is 12.7 Å². The highest BCUT2D eigenvalue weighted by Gasteiger charge is 2.10. The predicted molar refractivity (Wildman–Crippen MR) is 56.2 cm³/mol. The Labute approximate surface area is 88.1 Å². The van der Waals surface area contributed by atoms with E-state index in [-0.39, 0.29) is 24.8 Å². The molecule has 0 heterocycles. The summed E-state index contributed by atoms with van der Waals surface area (Å²) in [6, 6.07) is 4.47. The van der Waals surface area contributed by atoms with Gasteiger partial charge in [-0.05, 0) is 30.7 Å². The summed E-state index contributed by atoms with van der Waals surface area (Å²) in [5.74, 6) is -0.481. The molecule has 4 heteroatoms. The molecule has 1 aromatic rings. The number of nitrogens with zero attached hydrogens (tertiary/aromatic N) is 1. The largest absolute Gasteiger partial charge is 0.396 e. The maximum absolute atomic E-state index is 13.0. The van der Waals surface area contributed by atoms with E-state index in [0.29, 0.717) is 11.3 Å². The summed E-state index contributed by atoms with van der Waals surface area (Å²) < 4.78 is 13.0. The molecule has 1 aromatic carbocycles. The molecule has 0 aliphatic rings. The van der Waals surface area contributed by atoms with E-state index < -0.39 is 0 Å². The van der Waals surface area contributed by atoms with Crippen molar-refractivity contribution in [3.63, 3.8) is 0 Å². The highest BCUT2D eigenvalue weighted by Crippen LogP contribution is 2.17. The standard InChI is InChI=1S/C11H14FNO2/c1-8-7-9(3-4-10(8)12)13(2)11(15)5-6-14/h3-4,7,14H,5-6H2,1-2H3. The van der Waals surface area contributed by atoms with E-state index in [1.807, 2.05) is 0 Å². The Balaban J connectivity index is 2.86. The lowest BCUT2D eigenvalue weighted by Gasteiger charge is -2.17. The Hall–Kier alpha value is -1.42. The molecule has 0 bridgehead atoms. The van der Waals surface area contributed by atoms with Crippen LogP contribution in [0.15, 0.2) is 18.2 Å². The average Bonchev–Trinajstić information content (AvgIpc) is 2.21. The molecule has 0 saturated heterocycles. The minimum absolute atomic E-state index is 0.0763. The minimum atomic E-state index is -0.290. The normalized spacial score (nSPS) is 10.1. The molecule has 0 unspecified atom stereocenters. The highest BCUT2D eigenvalue weighted by molar-refractivity contribution is 5.92. The summed E-state index contributed by atoms with van der Waals surface area (Å²) in [4.78, 5) is 12.8. The van der Waals surface area contributed by atoms with E-state index in [4.69, 9.17) is 5.11 Å². The topological polar surface area (TPSA) is 40.5 Å². The quantitative estimate of drug-likeness (QED) is 0.822. The first-order chi connectivity index (χ1) is 7.06. The number of hydrogen-bond acceptors (Lipinski definition) is 2. The first-order valence-electron chi connectivity index (χ1n) is 4.70. The maximum atomic E-state index is 13.0. The molecule has 0 spiro atoms. The summed E-state index contributed by atoms with van der Waals surface area (Å²) >= 11 is 0. The second-order valence-electron chi connectivity index (χ2n) is 3.36. The van der Waals surface area contributed by atoms with Crippen LogP contribution in [-0.4, -0.2) is 24.7 Å². The van der Waals surface area contributed by atoms with Crippen LogP contribution < -0.4 is 4.90 Å². The van der Waals surface area contributed by atoms with Crippen molar-refractivity contribution in [3.8, 4) is 0 Å². The fourth-order valence-corrected chi connectivity index (χ4v) is 1.24. The fraction of sp³-hybridized carbons (Fsp3) is 0.364. The molecule has 0 aromatic heterocycles. The number of carbonyl (C=O) groups excluding carboxylic acids is 1. The van der Waals surface area contributed by atoms with Gasteiger partial charge in [0.15, 0.2) is 0 Å². The van der Waals surface area contributed by atoms with E-state index >= 15 is 0 Å². The van der Waals surface area contributed by atoms with Gasteiger partial charge in [-0.25, -0.2) is 4.39 Å². The average molecular weight is 211 g/mol. The van der Waals surface area contributed by atoms with Crippen molar-refractivity contribution < 1.29 is 14.3 Å². The summed E-state index contributed by atoms with van der Waals surface area (Å²) in [6.45, 7) is 1.46. The van der Waals surface area contributed by atoms with Gasteiger partial charge in [0.25, 0.3) is 0 Å². The van der Waals surface area contributed by atoms with Crippen LogP contribution in [0.4, 0.5) is 10.1 Å². The molecular weight excluding hydrogens is 197 g/mol. The van der Waals surface area contributed by atoms with Crippen LogP contribution in [0.2, 0.25) is 0 Å². The van der Waals surface area contributed by atoms with Gasteiger partial charge in [-0.1, -0.05) is 0 Å². The Kier molecular flexibility index (Phi) is 3.80. The first kappa shape index (κ1) is 11.7. The number of benzene rings is 1. The number of rotatable bonds is 3. The molecule has 15 heavy (non-hydrogen) atoms. The van der Waals surface area contributed by atoms with Gasteiger partial charge in [0, 0.05) is 12.7 Å². The van der Waals surface area contributed by atoms with E-state index in [1.165, 1.54) is 17.0 Å². The Morgan fingerprint density at radius 3 is 2.73 bits per heavy atom. The number of amides is 1. The predicted octanol–water partition coefficient (Wildman–Crippen LogP) is 1.48. The van der Waals surface area contributed by atoms with Crippen LogP contribution in [0.5, 0.6) is 0 Å². The zero-order valence-corrected chi connectivity index (χ0v) is 8.83. The van der Waals surface area contributed by atoms with Gasteiger partial charge in [-0.15, -0.1) is 0 Å². The fourth-order valence-electron chi connectivity index (χ4n) is 1.24. The van der Waals surface area contributed by atoms with Gasteiger partial charge in [0.2, 0.25) is 5.91 Å². The third-order valence-electron chi connectivity index (χ3n) is 2.23. The number of halogens is 1. The van der Waals surface area contributed by atoms with E-state index in [2.05, 4.69) is 0 Å². The van der Waals surface area contributed by atoms with Crippen LogP contribution in [0.25, 0.3) is 0 Å². The molecule has 0 fully saturated rings. The Morgan fingerprint density at radius 2 is 2.20 bits per heavy atom. The van der Waals surface area contributed by atoms with Crippen LogP contribution in [0.3, 0.4) is 0 Å². The molecule has 0 aliphatic heterocycles. The SMILES string of the molecule is Cc1cc(N(C)C(=O)CCO)ccc1F. The van der Waals surface area contributed by atoms with Crippen molar-refractivity contribution in [1.82, 2.24) is 0 Å². The summed E-state index contributed by atoms with van der Waals surface area (Å²) in [7, 11) is 1.60. The van der Waals surface area contributed by atoms with E-state index in [0.717, 1.165) is 0 Å². The van der Waals surface area contributed by atoms with Gasteiger partial charge < -0.3 is 10.0 Å². The van der Waals surface area contributed by atoms with Gasteiger partial charge in [0.1, 0.15) is 5.82 Å². The molecule has 3 nitrogen and oxygen atoms in total. The van der Waals surface area contributed by atoms with Gasteiger partial charge in [-0.3, -0.25) is 4.79 Å². The van der Waals surface area contributed by atoms with Crippen molar-refractivity contribution in [2.45, 2.75) is 13.3 Å². The van der Waals surface area contributed by atoms with Crippen LogP contribution in [0.1, 0.15) is 12.0 Å². The van der Waals surface area contributed by atoms with Crippen molar-refractivity contribution >= 4 is 11.6 Å². The number of aryl methyl sites for hydroxylation is 1. The third kappa shape index (κ3) is 2.76. The number of aliphatic hydroxyl groups is 1. The molecular formula is C11H14FNO2. The highest BCUT2D eigenvalue weighted by atomic mass is 19.1. The molecule has 1 N–H and O–H groups in total. The number of hydrogen-bond donors (Lipinski definition) is 1. The molecule has 0 radical (unpaired) electrons. The first-order valence-corrected chi connectivity index (χ1v) is 4.70. The van der Waals surface area contributed by atoms with Gasteiger partial charge in [-0.2, -0.15) is 0 Å². The lowest BCUT2D eigenvalue weighted by molar-refractivity contribution is -0.118. The summed E-state index contributed by atoms with van der Waals surface area (Å²) in [5.41, 5.74) is 1.13. The zero-order chi connectivity index (χ0) is 11.4. The molecule has 1 rings (SSSR count). The van der Waals surface area contributed by atoms with Gasteiger partial charge in [0.05, 0.1) is 13.0 Å². The Morgan fingerprint density at radius 1 is 1.53 bits per heavy atom. The van der Waals surface area contributed by atoms with Crippen molar-refractivity contribution in [2.24, 2.45) is 0 Å². The van der Waals surface area contributed by atoms with Crippen molar-refractivity contribution in [1.29, 1.82) is 0 Å². The lowest BCUT2D eigenvalue weighted by atomic mass is 10.2. The number of carbonyl (C=O) groups is 1. The molecule has 0 atom stereocenters. The van der Waals surface area contributed by atoms with E-state index in [1.54, 1.807) is 20.0 Å². The third-order valence-corrected chi connectivity index (χ3v) is 2.23. The second-order valence-corrected chi connectivity index (χ2v) is 3.36. The van der Waals surface area contributed by atoms with E-state index in [9.17, 15) is 9.18 Å². The molecule has 1 amide bonds. The number of anilines is 1. The molecule has 82 valence electrons.